The van der Waals surface area contributed by atoms with Crippen LogP contribution in [0.1, 0.15) is 32.1 Å². The van der Waals surface area contributed by atoms with Crippen molar-refractivity contribution in [2.24, 2.45) is 5.41 Å². The zero-order valence-electron chi connectivity index (χ0n) is 9.75. The molecule has 0 aromatic carbocycles. The predicted octanol–water partition coefficient (Wildman–Crippen LogP) is 2.58. The summed E-state index contributed by atoms with van der Waals surface area (Å²) < 4.78 is 10.8. The van der Waals surface area contributed by atoms with Crippen LogP contribution in [0.15, 0.2) is 25.0 Å². The van der Waals surface area contributed by atoms with E-state index in [0.717, 1.165) is 25.7 Å². The van der Waals surface area contributed by atoms with E-state index in [-0.39, 0.29) is 5.97 Å². The number of hydrogen-bond acceptors (Lipinski definition) is 3. The van der Waals surface area contributed by atoms with Crippen molar-refractivity contribution in [1.29, 1.82) is 0 Å². The second-order valence-electron chi connectivity index (χ2n) is 4.69. The lowest BCUT2D eigenvalue weighted by atomic mass is 9.62. The summed E-state index contributed by atoms with van der Waals surface area (Å²) in [6, 6.07) is 0. The minimum absolute atomic E-state index is 0.189. The van der Waals surface area contributed by atoms with E-state index in [9.17, 15) is 4.79 Å². The van der Waals surface area contributed by atoms with Crippen molar-refractivity contribution in [3.63, 3.8) is 0 Å². The molecule has 0 N–H and O–H groups in total. The number of allylic oxidation sites excluding steroid dienone is 1. The van der Waals surface area contributed by atoms with Gasteiger partial charge in [0.2, 0.25) is 0 Å². The van der Waals surface area contributed by atoms with Gasteiger partial charge in [0.05, 0.1) is 12.9 Å². The molecule has 0 unspecified atom stereocenters. The van der Waals surface area contributed by atoms with Gasteiger partial charge in [0.1, 0.15) is 11.0 Å². The highest BCUT2D eigenvalue weighted by Gasteiger charge is 2.63. The van der Waals surface area contributed by atoms with Crippen molar-refractivity contribution in [3.8, 4) is 0 Å². The Hall–Kier alpha value is -1.25. The Morgan fingerprint density at radius 3 is 2.81 bits per heavy atom. The molecule has 0 amide bonds. The molecule has 1 aliphatic carbocycles. The van der Waals surface area contributed by atoms with Crippen molar-refractivity contribution in [2.75, 3.05) is 7.11 Å². The number of methoxy groups -OCH3 is 1. The number of carbonyl (C=O) groups is 1. The van der Waals surface area contributed by atoms with Crippen LogP contribution >= 0.6 is 0 Å². The highest BCUT2D eigenvalue weighted by atomic mass is 16.5. The van der Waals surface area contributed by atoms with Crippen LogP contribution < -0.4 is 0 Å². The van der Waals surface area contributed by atoms with Crippen LogP contribution in [0.5, 0.6) is 0 Å². The van der Waals surface area contributed by atoms with Crippen molar-refractivity contribution in [3.05, 3.63) is 25.0 Å². The van der Waals surface area contributed by atoms with Crippen LogP contribution in [0, 0.1) is 5.41 Å². The molecule has 16 heavy (non-hydrogen) atoms. The molecule has 1 heterocycles. The minimum Gasteiger partial charge on any atom is -0.487 e. The maximum Gasteiger partial charge on any atom is 0.316 e. The SMILES string of the molecule is C=C[C@@]12CCCC[C@]1(C(=O)OC)CC(=C)O2. The zero-order chi connectivity index (χ0) is 11.8. The normalized spacial score (nSPS) is 37.4. The van der Waals surface area contributed by atoms with Gasteiger partial charge in [0, 0.05) is 6.42 Å². The van der Waals surface area contributed by atoms with Crippen molar-refractivity contribution >= 4 is 5.97 Å². The monoisotopic (exact) mass is 222 g/mol. The number of fused-ring (bicyclic) bond motifs is 1. The maximum absolute atomic E-state index is 12.1. The Bertz CT molecular complexity index is 347. The fraction of sp³-hybridized carbons (Fsp3) is 0.615. The molecular weight excluding hydrogens is 204 g/mol. The molecule has 0 aromatic heterocycles. The van der Waals surface area contributed by atoms with E-state index in [1.807, 2.05) is 0 Å². The van der Waals surface area contributed by atoms with Gasteiger partial charge < -0.3 is 9.47 Å². The molecule has 0 bridgehead atoms. The highest BCUT2D eigenvalue weighted by molar-refractivity contribution is 5.80. The number of esters is 1. The van der Waals surface area contributed by atoms with Crippen LogP contribution in [-0.4, -0.2) is 18.7 Å². The molecule has 3 nitrogen and oxygen atoms in total. The van der Waals surface area contributed by atoms with Crippen molar-refractivity contribution < 1.29 is 14.3 Å². The predicted molar refractivity (Wildman–Crippen MR) is 60.7 cm³/mol. The molecule has 2 rings (SSSR count). The molecule has 3 heteroatoms. The van der Waals surface area contributed by atoms with Crippen molar-refractivity contribution in [2.45, 2.75) is 37.7 Å². The van der Waals surface area contributed by atoms with Gasteiger partial charge in [0.25, 0.3) is 0 Å². The molecule has 2 fully saturated rings. The van der Waals surface area contributed by atoms with Crippen LogP contribution in [0.2, 0.25) is 0 Å². The maximum atomic E-state index is 12.1. The Morgan fingerprint density at radius 2 is 2.19 bits per heavy atom. The van der Waals surface area contributed by atoms with Gasteiger partial charge in [-0.15, -0.1) is 0 Å². The van der Waals surface area contributed by atoms with E-state index >= 15 is 0 Å². The van der Waals surface area contributed by atoms with E-state index in [2.05, 4.69) is 13.2 Å². The average molecular weight is 222 g/mol. The smallest absolute Gasteiger partial charge is 0.316 e. The molecule has 88 valence electrons. The zero-order valence-corrected chi connectivity index (χ0v) is 9.75. The molecule has 2 atom stereocenters. The first-order chi connectivity index (χ1) is 7.60. The van der Waals surface area contributed by atoms with Gasteiger partial charge in [0.15, 0.2) is 0 Å². The molecule has 1 saturated heterocycles. The topological polar surface area (TPSA) is 35.5 Å². The van der Waals surface area contributed by atoms with E-state index < -0.39 is 11.0 Å². The van der Waals surface area contributed by atoms with E-state index in [0.29, 0.717) is 12.2 Å². The third kappa shape index (κ3) is 1.24. The Labute approximate surface area is 96.1 Å². The molecule has 1 saturated carbocycles. The lowest BCUT2D eigenvalue weighted by molar-refractivity contribution is -0.164. The van der Waals surface area contributed by atoms with Gasteiger partial charge >= 0.3 is 5.97 Å². The van der Waals surface area contributed by atoms with Crippen LogP contribution in [0.3, 0.4) is 0 Å². The lowest BCUT2D eigenvalue weighted by Gasteiger charge is -2.43. The molecule has 0 spiro atoms. The van der Waals surface area contributed by atoms with Gasteiger partial charge in [-0.25, -0.2) is 0 Å². The molecule has 1 aliphatic heterocycles. The summed E-state index contributed by atoms with van der Waals surface area (Å²) in [5.74, 6) is 0.484. The average Bonchev–Trinajstić information content (AvgIpc) is 2.61. The quantitative estimate of drug-likeness (QED) is 0.532. The van der Waals surface area contributed by atoms with Gasteiger partial charge in [-0.2, -0.15) is 0 Å². The van der Waals surface area contributed by atoms with E-state index in [1.165, 1.54) is 7.11 Å². The Morgan fingerprint density at radius 1 is 1.50 bits per heavy atom. The fourth-order valence-electron chi connectivity index (χ4n) is 3.16. The van der Waals surface area contributed by atoms with Gasteiger partial charge in [-0.05, 0) is 25.3 Å². The Balaban J connectivity index is 2.47. The first-order valence-electron chi connectivity index (χ1n) is 5.69. The van der Waals surface area contributed by atoms with Gasteiger partial charge in [-0.3, -0.25) is 4.79 Å². The summed E-state index contributed by atoms with van der Waals surface area (Å²) in [6.45, 7) is 7.70. The first kappa shape index (κ1) is 11.2. The standard InChI is InChI=1S/C13H18O3/c1-4-13-8-6-5-7-12(13,11(14)15-3)9-10(2)16-13/h4H,1-2,5-9H2,3H3/t12-,13-/m1/s1. The van der Waals surface area contributed by atoms with E-state index in [4.69, 9.17) is 9.47 Å². The molecule has 0 radical (unpaired) electrons. The van der Waals surface area contributed by atoms with E-state index in [1.54, 1.807) is 6.08 Å². The summed E-state index contributed by atoms with van der Waals surface area (Å²) in [5.41, 5.74) is -1.17. The number of hydrogen-bond donors (Lipinski definition) is 0. The first-order valence-corrected chi connectivity index (χ1v) is 5.69. The van der Waals surface area contributed by atoms with Crippen molar-refractivity contribution in [1.82, 2.24) is 0 Å². The number of carbonyl (C=O) groups excluding carboxylic acids is 1. The Kier molecular flexibility index (Phi) is 2.56. The number of rotatable bonds is 2. The van der Waals surface area contributed by atoms with Crippen LogP contribution in [0.25, 0.3) is 0 Å². The second kappa shape index (κ2) is 3.65. The largest absolute Gasteiger partial charge is 0.487 e. The second-order valence-corrected chi connectivity index (χ2v) is 4.69. The summed E-state index contributed by atoms with van der Waals surface area (Å²) in [4.78, 5) is 12.1. The molecule has 0 aromatic rings. The molecular formula is C13H18O3. The third-order valence-electron chi connectivity index (χ3n) is 3.94. The fourth-order valence-corrected chi connectivity index (χ4v) is 3.16. The summed E-state index contributed by atoms with van der Waals surface area (Å²) in [5, 5.41) is 0. The third-order valence-corrected chi connectivity index (χ3v) is 3.94. The minimum atomic E-state index is -0.588. The molecule has 2 aliphatic rings. The highest BCUT2D eigenvalue weighted by Crippen LogP contribution is 2.57. The van der Waals surface area contributed by atoms with Gasteiger partial charge in [-0.1, -0.05) is 19.6 Å². The summed E-state index contributed by atoms with van der Waals surface area (Å²) in [6.07, 6.45) is 6.03. The number of ether oxygens (including phenoxy) is 2. The lowest BCUT2D eigenvalue weighted by Crippen LogP contribution is -2.51. The van der Waals surface area contributed by atoms with Crippen LogP contribution in [0.4, 0.5) is 0 Å². The van der Waals surface area contributed by atoms with Crippen LogP contribution in [-0.2, 0) is 14.3 Å². The summed E-state index contributed by atoms with van der Waals surface area (Å²) >= 11 is 0. The summed E-state index contributed by atoms with van der Waals surface area (Å²) in [7, 11) is 1.43.